The van der Waals surface area contributed by atoms with Crippen molar-refractivity contribution in [3.05, 3.63) is 29.8 Å². The van der Waals surface area contributed by atoms with Crippen molar-refractivity contribution < 1.29 is 14.3 Å². The number of ether oxygens (including phenoxy) is 2. The maximum absolute atomic E-state index is 11.7. The highest BCUT2D eigenvalue weighted by Crippen LogP contribution is 2.13. The SMILES string of the molecule is CCCCCCCCCCCC(=O)OCc1ccc(OC)cc1. The zero-order chi connectivity index (χ0) is 16.8. The van der Waals surface area contributed by atoms with E-state index < -0.39 is 0 Å². The Morgan fingerprint density at radius 1 is 0.870 bits per heavy atom. The van der Waals surface area contributed by atoms with Gasteiger partial charge in [-0.2, -0.15) is 0 Å². The largest absolute Gasteiger partial charge is 0.497 e. The van der Waals surface area contributed by atoms with Crippen LogP contribution in [0.1, 0.15) is 76.7 Å². The smallest absolute Gasteiger partial charge is 0.306 e. The lowest BCUT2D eigenvalue weighted by Gasteiger charge is -2.06. The summed E-state index contributed by atoms with van der Waals surface area (Å²) in [5.41, 5.74) is 0.992. The standard InChI is InChI=1S/C20H32O3/c1-3-4-5-6-7-8-9-10-11-12-20(21)23-17-18-13-15-19(22-2)16-14-18/h13-16H,3-12,17H2,1-2H3. The van der Waals surface area contributed by atoms with E-state index in [2.05, 4.69) is 6.92 Å². The van der Waals surface area contributed by atoms with E-state index in [0.29, 0.717) is 13.0 Å². The van der Waals surface area contributed by atoms with Crippen LogP contribution in [0.25, 0.3) is 0 Å². The molecule has 0 aliphatic carbocycles. The monoisotopic (exact) mass is 320 g/mol. The normalized spacial score (nSPS) is 10.5. The Morgan fingerprint density at radius 2 is 1.43 bits per heavy atom. The number of esters is 1. The van der Waals surface area contributed by atoms with Crippen LogP contribution in [0.5, 0.6) is 5.75 Å². The van der Waals surface area contributed by atoms with E-state index >= 15 is 0 Å². The number of hydrogen-bond donors (Lipinski definition) is 0. The second-order valence-electron chi connectivity index (χ2n) is 6.09. The van der Waals surface area contributed by atoms with E-state index in [4.69, 9.17) is 9.47 Å². The number of hydrogen-bond acceptors (Lipinski definition) is 3. The van der Waals surface area contributed by atoms with Crippen molar-refractivity contribution >= 4 is 5.97 Å². The molecule has 0 N–H and O–H groups in total. The molecule has 0 saturated heterocycles. The first kappa shape index (κ1) is 19.5. The van der Waals surface area contributed by atoms with E-state index in [1.165, 1.54) is 44.9 Å². The van der Waals surface area contributed by atoms with Gasteiger partial charge in [-0.3, -0.25) is 4.79 Å². The van der Waals surface area contributed by atoms with Gasteiger partial charge in [0, 0.05) is 6.42 Å². The highest BCUT2D eigenvalue weighted by molar-refractivity contribution is 5.69. The van der Waals surface area contributed by atoms with Gasteiger partial charge in [-0.15, -0.1) is 0 Å². The summed E-state index contributed by atoms with van der Waals surface area (Å²) in [7, 11) is 1.64. The van der Waals surface area contributed by atoms with Crippen molar-refractivity contribution in [2.45, 2.75) is 77.7 Å². The lowest BCUT2D eigenvalue weighted by Crippen LogP contribution is -2.04. The lowest BCUT2D eigenvalue weighted by molar-refractivity contribution is -0.145. The van der Waals surface area contributed by atoms with Crippen molar-refractivity contribution in [3.8, 4) is 5.75 Å². The summed E-state index contributed by atoms with van der Waals surface area (Å²) in [6, 6.07) is 7.60. The topological polar surface area (TPSA) is 35.5 Å². The van der Waals surface area contributed by atoms with Crippen LogP contribution >= 0.6 is 0 Å². The van der Waals surface area contributed by atoms with Gasteiger partial charge in [-0.25, -0.2) is 0 Å². The molecule has 130 valence electrons. The number of benzene rings is 1. The quantitative estimate of drug-likeness (QED) is 0.347. The fraction of sp³-hybridized carbons (Fsp3) is 0.650. The average molecular weight is 320 g/mol. The van der Waals surface area contributed by atoms with Crippen LogP contribution in [-0.4, -0.2) is 13.1 Å². The Morgan fingerprint density at radius 3 is 2.00 bits per heavy atom. The summed E-state index contributed by atoms with van der Waals surface area (Å²) in [6.07, 6.45) is 11.9. The fourth-order valence-electron chi connectivity index (χ4n) is 2.54. The Labute approximate surface area is 141 Å². The summed E-state index contributed by atoms with van der Waals surface area (Å²) < 4.78 is 10.4. The van der Waals surface area contributed by atoms with Crippen LogP contribution < -0.4 is 4.74 Å². The number of unbranched alkanes of at least 4 members (excludes halogenated alkanes) is 8. The van der Waals surface area contributed by atoms with E-state index in [0.717, 1.165) is 24.2 Å². The van der Waals surface area contributed by atoms with E-state index in [-0.39, 0.29) is 5.97 Å². The molecule has 0 aromatic heterocycles. The molecule has 0 aliphatic heterocycles. The third-order valence-electron chi connectivity index (χ3n) is 4.04. The zero-order valence-corrected chi connectivity index (χ0v) is 14.8. The number of methoxy groups -OCH3 is 1. The second-order valence-corrected chi connectivity index (χ2v) is 6.09. The maximum atomic E-state index is 11.7. The lowest BCUT2D eigenvalue weighted by atomic mass is 10.1. The third-order valence-corrected chi connectivity index (χ3v) is 4.04. The minimum atomic E-state index is -0.0937. The summed E-state index contributed by atoms with van der Waals surface area (Å²) >= 11 is 0. The predicted octanol–water partition coefficient (Wildman–Crippen LogP) is 5.66. The number of carbonyl (C=O) groups is 1. The van der Waals surface area contributed by atoms with Gasteiger partial charge in [0.25, 0.3) is 0 Å². The minimum Gasteiger partial charge on any atom is -0.497 e. The van der Waals surface area contributed by atoms with Gasteiger partial charge < -0.3 is 9.47 Å². The predicted molar refractivity (Wildman–Crippen MR) is 94.6 cm³/mol. The molecule has 1 aromatic carbocycles. The molecule has 0 spiro atoms. The van der Waals surface area contributed by atoms with Gasteiger partial charge in [0.15, 0.2) is 0 Å². The molecule has 0 amide bonds. The van der Waals surface area contributed by atoms with E-state index in [9.17, 15) is 4.79 Å². The Balaban J connectivity index is 1.97. The molecule has 0 heterocycles. The summed E-state index contributed by atoms with van der Waals surface area (Å²) in [4.78, 5) is 11.7. The van der Waals surface area contributed by atoms with Crippen LogP contribution in [-0.2, 0) is 16.1 Å². The molecule has 1 rings (SSSR count). The van der Waals surface area contributed by atoms with Gasteiger partial charge in [0.1, 0.15) is 12.4 Å². The number of carbonyl (C=O) groups excluding carboxylic acids is 1. The Hall–Kier alpha value is -1.51. The van der Waals surface area contributed by atoms with Crippen molar-refractivity contribution in [1.29, 1.82) is 0 Å². The van der Waals surface area contributed by atoms with Crippen molar-refractivity contribution in [2.24, 2.45) is 0 Å². The van der Waals surface area contributed by atoms with Crippen molar-refractivity contribution in [1.82, 2.24) is 0 Å². The van der Waals surface area contributed by atoms with Crippen molar-refractivity contribution in [3.63, 3.8) is 0 Å². The second kappa shape index (κ2) is 13.0. The molecule has 3 heteroatoms. The first-order valence-corrected chi connectivity index (χ1v) is 9.04. The van der Waals surface area contributed by atoms with Gasteiger partial charge in [0.2, 0.25) is 0 Å². The minimum absolute atomic E-state index is 0.0937. The van der Waals surface area contributed by atoms with Crippen LogP contribution in [0.3, 0.4) is 0 Å². The molecule has 0 radical (unpaired) electrons. The van der Waals surface area contributed by atoms with Gasteiger partial charge in [-0.05, 0) is 24.1 Å². The molecule has 0 bridgehead atoms. The zero-order valence-electron chi connectivity index (χ0n) is 14.8. The van der Waals surface area contributed by atoms with Crippen LogP contribution in [0.2, 0.25) is 0 Å². The van der Waals surface area contributed by atoms with Crippen LogP contribution in [0.15, 0.2) is 24.3 Å². The maximum Gasteiger partial charge on any atom is 0.306 e. The van der Waals surface area contributed by atoms with Crippen LogP contribution in [0.4, 0.5) is 0 Å². The summed E-state index contributed by atoms with van der Waals surface area (Å²) in [5, 5.41) is 0. The molecule has 0 fully saturated rings. The summed E-state index contributed by atoms with van der Waals surface area (Å²) in [6.45, 7) is 2.59. The summed E-state index contributed by atoms with van der Waals surface area (Å²) in [5.74, 6) is 0.721. The van der Waals surface area contributed by atoms with Gasteiger partial charge in [-0.1, -0.05) is 70.4 Å². The molecule has 3 nitrogen and oxygen atoms in total. The molecular formula is C20H32O3. The van der Waals surface area contributed by atoms with Crippen molar-refractivity contribution in [2.75, 3.05) is 7.11 Å². The first-order valence-electron chi connectivity index (χ1n) is 9.04. The highest BCUT2D eigenvalue weighted by atomic mass is 16.5. The molecular weight excluding hydrogens is 288 g/mol. The molecule has 0 aliphatic rings. The number of rotatable bonds is 13. The Bertz CT molecular complexity index is 411. The van der Waals surface area contributed by atoms with E-state index in [1.54, 1.807) is 7.11 Å². The van der Waals surface area contributed by atoms with Gasteiger partial charge in [0.05, 0.1) is 7.11 Å². The molecule has 0 atom stereocenters. The fourth-order valence-corrected chi connectivity index (χ4v) is 2.54. The Kier molecular flexibility index (Phi) is 11.0. The van der Waals surface area contributed by atoms with Crippen LogP contribution in [0, 0.1) is 0 Å². The first-order chi connectivity index (χ1) is 11.3. The molecule has 1 aromatic rings. The third kappa shape index (κ3) is 9.98. The highest BCUT2D eigenvalue weighted by Gasteiger charge is 2.03. The molecule has 0 unspecified atom stereocenters. The van der Waals surface area contributed by atoms with E-state index in [1.807, 2.05) is 24.3 Å². The average Bonchev–Trinajstić information content (AvgIpc) is 2.59. The molecule has 0 saturated carbocycles. The van der Waals surface area contributed by atoms with Gasteiger partial charge >= 0.3 is 5.97 Å². The molecule has 23 heavy (non-hydrogen) atoms.